The molecule has 0 saturated heterocycles. The van der Waals surface area contributed by atoms with Crippen molar-refractivity contribution in [2.45, 2.75) is 43.8 Å². The van der Waals surface area contributed by atoms with Gasteiger partial charge in [0.15, 0.2) is 0 Å². The third kappa shape index (κ3) is 2.85. The van der Waals surface area contributed by atoms with E-state index in [1.54, 1.807) is 14.2 Å². The zero-order chi connectivity index (χ0) is 13.0. The number of rotatable bonds is 4. The number of aliphatic hydroxyl groups is 1. The minimum Gasteiger partial charge on any atom is -0.497 e. The smallest absolute Gasteiger partial charge is 0.119 e. The Hall–Kier alpha value is -1.06. The van der Waals surface area contributed by atoms with Gasteiger partial charge in [-0.2, -0.15) is 0 Å². The molecule has 2 atom stereocenters. The molecule has 2 unspecified atom stereocenters. The lowest BCUT2D eigenvalue weighted by Gasteiger charge is -2.39. The second kappa shape index (κ2) is 5.72. The molecule has 0 aromatic heterocycles. The molecular weight excluding hydrogens is 228 g/mol. The zero-order valence-corrected chi connectivity index (χ0v) is 11.2. The molecule has 0 radical (unpaired) electrons. The number of methoxy groups -OCH3 is 2. The molecule has 1 aromatic rings. The highest BCUT2D eigenvalue weighted by Crippen LogP contribution is 2.33. The predicted octanol–water partition coefficient (Wildman–Crippen LogP) is 2.56. The van der Waals surface area contributed by atoms with Gasteiger partial charge in [-0.1, -0.05) is 25.0 Å². The van der Waals surface area contributed by atoms with Crippen LogP contribution < -0.4 is 4.74 Å². The van der Waals surface area contributed by atoms with Crippen molar-refractivity contribution in [3.05, 3.63) is 29.8 Å². The first kappa shape index (κ1) is 13.4. The Bertz CT molecular complexity index is 391. The second-order valence-corrected chi connectivity index (χ2v) is 5.10. The van der Waals surface area contributed by atoms with Crippen molar-refractivity contribution in [3.8, 4) is 5.75 Å². The van der Waals surface area contributed by atoms with Gasteiger partial charge >= 0.3 is 0 Å². The quantitative estimate of drug-likeness (QED) is 0.892. The standard InChI is InChI=1S/C15H22O3/c1-17-13-7-5-6-12(10-13)11-15(16)9-4-3-8-14(15)18-2/h5-7,10,14,16H,3-4,8-9,11H2,1-2H3. The van der Waals surface area contributed by atoms with Gasteiger partial charge in [-0.15, -0.1) is 0 Å². The molecule has 1 aromatic carbocycles. The molecule has 0 heterocycles. The molecule has 1 N–H and O–H groups in total. The summed E-state index contributed by atoms with van der Waals surface area (Å²) in [5.74, 6) is 0.834. The van der Waals surface area contributed by atoms with Gasteiger partial charge in [0, 0.05) is 13.5 Å². The first-order valence-electron chi connectivity index (χ1n) is 6.56. The van der Waals surface area contributed by atoms with Crippen LogP contribution in [0.5, 0.6) is 5.75 Å². The van der Waals surface area contributed by atoms with Crippen molar-refractivity contribution in [2.75, 3.05) is 14.2 Å². The largest absolute Gasteiger partial charge is 0.497 e. The summed E-state index contributed by atoms with van der Waals surface area (Å²) in [6, 6.07) is 7.89. The Morgan fingerprint density at radius 2 is 2.17 bits per heavy atom. The average Bonchev–Trinajstić information content (AvgIpc) is 2.39. The Kier molecular flexibility index (Phi) is 4.25. The summed E-state index contributed by atoms with van der Waals surface area (Å²) < 4.78 is 10.7. The normalized spacial score (nSPS) is 28.1. The van der Waals surface area contributed by atoms with Gasteiger partial charge in [0.25, 0.3) is 0 Å². The van der Waals surface area contributed by atoms with E-state index in [1.165, 1.54) is 0 Å². The van der Waals surface area contributed by atoms with E-state index in [4.69, 9.17) is 9.47 Å². The molecule has 100 valence electrons. The highest BCUT2D eigenvalue weighted by atomic mass is 16.5. The van der Waals surface area contributed by atoms with Crippen LogP contribution in [0.4, 0.5) is 0 Å². The van der Waals surface area contributed by atoms with Crippen molar-refractivity contribution >= 4 is 0 Å². The van der Waals surface area contributed by atoms with Crippen LogP contribution in [0.25, 0.3) is 0 Å². The Morgan fingerprint density at radius 1 is 1.33 bits per heavy atom. The van der Waals surface area contributed by atoms with Crippen LogP contribution in [0.2, 0.25) is 0 Å². The predicted molar refractivity (Wildman–Crippen MR) is 70.9 cm³/mol. The van der Waals surface area contributed by atoms with Gasteiger partial charge < -0.3 is 14.6 Å². The van der Waals surface area contributed by atoms with Crippen molar-refractivity contribution in [1.82, 2.24) is 0 Å². The zero-order valence-electron chi connectivity index (χ0n) is 11.2. The summed E-state index contributed by atoms with van der Waals surface area (Å²) in [5.41, 5.74) is 0.361. The summed E-state index contributed by atoms with van der Waals surface area (Å²) in [5, 5.41) is 10.8. The summed E-state index contributed by atoms with van der Waals surface area (Å²) in [4.78, 5) is 0. The van der Waals surface area contributed by atoms with Gasteiger partial charge in [-0.05, 0) is 30.5 Å². The lowest BCUT2D eigenvalue weighted by molar-refractivity contribution is -0.116. The number of hydrogen-bond donors (Lipinski definition) is 1. The van der Waals surface area contributed by atoms with Gasteiger partial charge in [0.2, 0.25) is 0 Å². The first-order chi connectivity index (χ1) is 8.68. The van der Waals surface area contributed by atoms with Crippen LogP contribution in [0.1, 0.15) is 31.2 Å². The second-order valence-electron chi connectivity index (χ2n) is 5.10. The lowest BCUT2D eigenvalue weighted by atomic mass is 9.78. The van der Waals surface area contributed by atoms with Crippen molar-refractivity contribution in [3.63, 3.8) is 0 Å². The van der Waals surface area contributed by atoms with Crippen LogP contribution in [0, 0.1) is 0 Å². The maximum atomic E-state index is 10.8. The number of hydrogen-bond acceptors (Lipinski definition) is 3. The van der Waals surface area contributed by atoms with E-state index in [2.05, 4.69) is 0 Å². The Balaban J connectivity index is 2.14. The van der Waals surface area contributed by atoms with E-state index >= 15 is 0 Å². The molecule has 0 spiro atoms. The Morgan fingerprint density at radius 3 is 2.89 bits per heavy atom. The molecule has 2 rings (SSSR count). The minimum atomic E-state index is -0.737. The summed E-state index contributed by atoms with van der Waals surface area (Å²) in [6.45, 7) is 0. The molecule has 1 aliphatic rings. The highest BCUT2D eigenvalue weighted by Gasteiger charge is 2.39. The molecule has 1 saturated carbocycles. The molecule has 1 fully saturated rings. The molecule has 0 bridgehead atoms. The summed E-state index contributed by atoms with van der Waals surface area (Å²) in [6.07, 6.45) is 4.53. The van der Waals surface area contributed by atoms with Crippen molar-refractivity contribution in [2.24, 2.45) is 0 Å². The third-order valence-electron chi connectivity index (χ3n) is 3.85. The molecule has 0 amide bonds. The highest BCUT2D eigenvalue weighted by molar-refractivity contribution is 5.29. The maximum Gasteiger partial charge on any atom is 0.119 e. The molecular formula is C15H22O3. The van der Waals surface area contributed by atoms with E-state index in [-0.39, 0.29) is 6.10 Å². The topological polar surface area (TPSA) is 38.7 Å². The van der Waals surface area contributed by atoms with Gasteiger partial charge in [0.05, 0.1) is 18.8 Å². The van der Waals surface area contributed by atoms with Crippen molar-refractivity contribution < 1.29 is 14.6 Å². The fraction of sp³-hybridized carbons (Fsp3) is 0.600. The molecule has 1 aliphatic carbocycles. The fourth-order valence-corrected chi connectivity index (χ4v) is 2.87. The van der Waals surface area contributed by atoms with Crippen LogP contribution >= 0.6 is 0 Å². The van der Waals surface area contributed by atoms with Crippen LogP contribution in [-0.2, 0) is 11.2 Å². The SMILES string of the molecule is COc1cccc(CC2(O)CCCCC2OC)c1. The number of benzene rings is 1. The molecule has 18 heavy (non-hydrogen) atoms. The van der Waals surface area contributed by atoms with Crippen molar-refractivity contribution in [1.29, 1.82) is 0 Å². The van der Waals surface area contributed by atoms with Crippen LogP contribution in [-0.4, -0.2) is 31.0 Å². The monoisotopic (exact) mass is 250 g/mol. The average molecular weight is 250 g/mol. The minimum absolute atomic E-state index is 0.0579. The molecule has 0 aliphatic heterocycles. The lowest BCUT2D eigenvalue weighted by Crippen LogP contribution is -2.47. The van der Waals surface area contributed by atoms with Crippen LogP contribution in [0.15, 0.2) is 24.3 Å². The van der Waals surface area contributed by atoms with Gasteiger partial charge in [0.1, 0.15) is 5.75 Å². The van der Waals surface area contributed by atoms with E-state index in [1.807, 2.05) is 24.3 Å². The molecule has 3 heteroatoms. The molecule has 3 nitrogen and oxygen atoms in total. The maximum absolute atomic E-state index is 10.8. The number of ether oxygens (including phenoxy) is 2. The van der Waals surface area contributed by atoms with E-state index in [0.29, 0.717) is 6.42 Å². The van der Waals surface area contributed by atoms with E-state index in [0.717, 1.165) is 37.0 Å². The van der Waals surface area contributed by atoms with E-state index in [9.17, 15) is 5.11 Å². The summed E-state index contributed by atoms with van der Waals surface area (Å²) in [7, 11) is 3.35. The third-order valence-corrected chi connectivity index (χ3v) is 3.85. The Labute approximate surface area is 109 Å². The summed E-state index contributed by atoms with van der Waals surface area (Å²) >= 11 is 0. The van der Waals surface area contributed by atoms with Crippen LogP contribution in [0.3, 0.4) is 0 Å². The van der Waals surface area contributed by atoms with Gasteiger partial charge in [-0.3, -0.25) is 0 Å². The first-order valence-corrected chi connectivity index (χ1v) is 6.56. The van der Waals surface area contributed by atoms with E-state index < -0.39 is 5.60 Å². The fourth-order valence-electron chi connectivity index (χ4n) is 2.87. The van der Waals surface area contributed by atoms with Gasteiger partial charge in [-0.25, -0.2) is 0 Å².